The average Bonchev–Trinajstić information content (AvgIpc) is 1.63. The zero-order chi connectivity index (χ0) is 98.9. The number of aromatic nitrogens is 5. The number of imidazole rings is 1. The molecule has 1 aromatic carbocycles. The van der Waals surface area contributed by atoms with Gasteiger partial charge < -0.3 is 91.3 Å². The number of carbonyl (C=O) groups excluding carboxylic acids is 10. The van der Waals surface area contributed by atoms with Crippen molar-refractivity contribution in [3.63, 3.8) is 0 Å². The van der Waals surface area contributed by atoms with Crippen molar-refractivity contribution in [2.24, 2.45) is 69.9 Å². The van der Waals surface area contributed by atoms with Crippen molar-refractivity contribution in [1.29, 1.82) is 0 Å². The van der Waals surface area contributed by atoms with Crippen molar-refractivity contribution in [2.75, 3.05) is 95.7 Å². The molecule has 10 rings (SSSR count). The predicted octanol–water partition coefficient (Wildman–Crippen LogP) is 13.3. The third-order valence-electron chi connectivity index (χ3n) is 24.7. The number of amides is 10. The first-order chi connectivity index (χ1) is 65.7. The minimum atomic E-state index is -0.243. The van der Waals surface area contributed by atoms with Gasteiger partial charge >= 0.3 is 5.69 Å². The zero-order valence-corrected chi connectivity index (χ0v) is 85.2. The van der Waals surface area contributed by atoms with Crippen molar-refractivity contribution in [2.45, 2.75) is 362 Å². The molecule has 0 spiro atoms. The van der Waals surface area contributed by atoms with Crippen molar-refractivity contribution in [3.8, 4) is 0 Å². The van der Waals surface area contributed by atoms with Gasteiger partial charge in [-0.1, -0.05) is 168 Å². The number of nitrogens with zero attached hydrogens (tertiary/aromatic N) is 7. The SMILES string of the molecule is CC(C)CC(=O)N1CC(NC(=O)CCCCCN)C1.CC(C)CC(=O)Nc1nc(CC(=O)NCCCCCN)cs1.CC(C)CCn1c(=O)n(CCCCCCN)c2ccccc21.NCCCCCC(=O)NC1CN(C(=O)CC2CCCCC2)C1.NCCCCCCNC(=O)c1cc(CNC(=O)CC2CCCCC2)on1.NCCCCCNC(=O)Cc1csc(NC(=O)CC2CCCCC2)n1. The molecule has 20 N–H and O–H groups in total. The second kappa shape index (κ2) is 71.8. The molecule has 768 valence electrons. The number of nitrogens with one attached hydrogen (secondary N) is 8. The molecule has 0 atom stereocenters. The fraction of sp³-hybridized carbons (Fsp3) is 0.743. The predicted molar refractivity (Wildman–Crippen MR) is 547 cm³/mol. The van der Waals surface area contributed by atoms with Gasteiger partial charge in [0.25, 0.3) is 5.91 Å². The molecule has 136 heavy (non-hydrogen) atoms. The van der Waals surface area contributed by atoms with Crippen LogP contribution in [-0.2, 0) is 75.6 Å². The Morgan fingerprint density at radius 2 is 0.816 bits per heavy atom. The fourth-order valence-corrected chi connectivity index (χ4v) is 18.3. The van der Waals surface area contributed by atoms with Crippen molar-refractivity contribution < 1.29 is 52.5 Å². The van der Waals surface area contributed by atoms with Crippen LogP contribution in [0, 0.1) is 35.5 Å². The number of hydrogen-bond acceptors (Lipinski definition) is 23. The summed E-state index contributed by atoms with van der Waals surface area (Å²) in [6.45, 7) is 23.3. The van der Waals surface area contributed by atoms with Crippen LogP contribution in [0.25, 0.3) is 11.0 Å². The number of nitrogens with two attached hydrogens (primary N) is 6. The Kier molecular flexibility index (Phi) is 62.3. The lowest BCUT2D eigenvalue weighted by Gasteiger charge is -2.40. The molecule has 4 aromatic heterocycles. The number of carbonyl (C=O) groups is 10. The third kappa shape index (κ3) is 52.4. The number of thiazole rings is 2. The van der Waals surface area contributed by atoms with Gasteiger partial charge in [-0.15, -0.1) is 22.7 Å². The minimum Gasteiger partial charge on any atom is -0.359 e. The monoisotopic (exact) mass is 1940 g/mol. The molecule has 0 unspecified atom stereocenters. The molecular formula is C101H175N21O12S2. The van der Waals surface area contributed by atoms with Gasteiger partial charge in [0.05, 0.1) is 53.9 Å². The summed E-state index contributed by atoms with van der Waals surface area (Å²) in [4.78, 5) is 144. The number of unbranched alkanes of at least 4 members (excludes halogenated alkanes) is 14. The Morgan fingerprint density at radius 1 is 0.419 bits per heavy atom. The Hall–Kier alpha value is -8.58. The van der Waals surface area contributed by atoms with Gasteiger partial charge in [0.15, 0.2) is 21.7 Å². The van der Waals surface area contributed by atoms with E-state index in [9.17, 15) is 52.7 Å². The molecule has 10 amide bonds. The Morgan fingerprint density at radius 3 is 1.26 bits per heavy atom. The molecule has 0 radical (unpaired) electrons. The quantitative estimate of drug-likeness (QED) is 0.0161. The van der Waals surface area contributed by atoms with Crippen molar-refractivity contribution >= 4 is 103 Å². The van der Waals surface area contributed by atoms with Gasteiger partial charge in [0, 0.05) is 121 Å². The Balaban J connectivity index is 0.000000289. The average molecular weight is 1940 g/mol. The molecule has 2 aliphatic heterocycles. The molecule has 5 aromatic rings. The molecule has 3 aliphatic carbocycles. The summed E-state index contributed by atoms with van der Waals surface area (Å²) in [7, 11) is 0. The number of likely N-dealkylation sites (tertiary alicyclic amines) is 2. The highest BCUT2D eigenvalue weighted by Gasteiger charge is 2.34. The standard InChI is InChI=1S/C19H32N4O3.C18H30N4O2S.C18H29N3O.C17H31N3O2.C15H26N4O2S.C14H27N3O2/c20-10-6-1-2-7-11-21-19(25)17-13-16(26-23-17)14-22-18(24)12-15-8-4-3-5-9-15;19-9-5-2-6-10-20-16(23)12-15-13-25-18(21-15)22-17(24)11-14-7-3-1-4-8-14;1-15(2)11-14-21-17-10-6-5-9-16(17)20(18(21)22)13-8-4-3-7-12-19;18-10-6-2-5-9-16(21)19-15-12-20(13-15)17(22)11-14-7-3-1-4-8-14;1-11(2)8-14(21)19-15-18-12(10-22-15)9-13(20)17-7-5-3-4-6-16;1-11(2)8-14(19)17-9-12(10-17)16-13(18)6-4-3-5-7-15/h13,15H,1-12,14,20H2,(H,21,25)(H,22,24);13-14H,1-12,19H2,(H,20,23)(H,21,22,24);5-6,9-10,15H,3-4,7-8,11-14,19H2,1-2H3;14-15H,1-13,18H2,(H,19,21);10-11H,3-9,16H2,1-2H3,(H,17,20)(H,18,19,21);11-12H,3-10,15H2,1-2H3,(H,16,18). The number of benzene rings is 1. The lowest BCUT2D eigenvalue weighted by Crippen LogP contribution is -2.61. The van der Waals surface area contributed by atoms with E-state index in [1.165, 1.54) is 93.3 Å². The zero-order valence-electron chi connectivity index (χ0n) is 83.6. The van der Waals surface area contributed by atoms with E-state index in [1.54, 1.807) is 11.4 Å². The van der Waals surface area contributed by atoms with E-state index in [2.05, 4.69) is 83.6 Å². The van der Waals surface area contributed by atoms with Gasteiger partial charge in [0.1, 0.15) is 0 Å². The summed E-state index contributed by atoms with van der Waals surface area (Å²) < 4.78 is 9.03. The smallest absolute Gasteiger partial charge is 0.329 e. The molecule has 0 bridgehead atoms. The summed E-state index contributed by atoms with van der Waals surface area (Å²) in [5.74, 6) is 3.81. The van der Waals surface area contributed by atoms with Crippen LogP contribution in [0.1, 0.15) is 345 Å². The highest BCUT2D eigenvalue weighted by atomic mass is 32.1. The highest BCUT2D eigenvalue weighted by molar-refractivity contribution is 7.14. The van der Waals surface area contributed by atoms with E-state index in [4.69, 9.17) is 38.9 Å². The van der Waals surface area contributed by atoms with Gasteiger partial charge in [-0.3, -0.25) is 57.1 Å². The maximum Gasteiger partial charge on any atom is 0.329 e. The van der Waals surface area contributed by atoms with Gasteiger partial charge in [0.2, 0.25) is 53.2 Å². The van der Waals surface area contributed by atoms with Crippen molar-refractivity contribution in [3.05, 3.63) is 74.4 Å². The van der Waals surface area contributed by atoms with Crippen LogP contribution in [0.3, 0.4) is 0 Å². The maximum absolute atomic E-state index is 12.7. The van der Waals surface area contributed by atoms with Gasteiger partial charge in [-0.2, -0.15) is 0 Å². The summed E-state index contributed by atoms with van der Waals surface area (Å²) in [5, 5.41) is 31.6. The number of fused-ring (bicyclic) bond motifs is 1. The highest BCUT2D eigenvalue weighted by Crippen LogP contribution is 2.31. The first-order valence-corrected chi connectivity index (χ1v) is 53.5. The number of aryl methyl sites for hydroxylation is 2. The third-order valence-corrected chi connectivity index (χ3v) is 26.3. The molecular weight excluding hydrogens is 1760 g/mol. The van der Waals surface area contributed by atoms with Crippen LogP contribution in [0.2, 0.25) is 0 Å². The van der Waals surface area contributed by atoms with Crippen LogP contribution in [0.4, 0.5) is 10.3 Å². The number of hydrogen-bond donors (Lipinski definition) is 14. The maximum atomic E-state index is 12.7. The Bertz CT molecular complexity index is 4210. The molecule has 3 saturated carbocycles. The lowest BCUT2D eigenvalue weighted by atomic mass is 9.86. The summed E-state index contributed by atoms with van der Waals surface area (Å²) in [6, 6.07) is 10.0. The molecule has 5 aliphatic rings. The molecule has 35 heteroatoms. The number of rotatable bonds is 56. The lowest BCUT2D eigenvalue weighted by molar-refractivity contribution is -0.139. The van der Waals surface area contributed by atoms with Gasteiger partial charge in [-0.05, 0) is 209 Å². The van der Waals surface area contributed by atoms with E-state index >= 15 is 0 Å². The fourth-order valence-electron chi connectivity index (χ4n) is 16.9. The number of para-hydroxylation sites is 2. The summed E-state index contributed by atoms with van der Waals surface area (Å²) in [6.07, 6.45) is 44.2. The van der Waals surface area contributed by atoms with E-state index < -0.39 is 0 Å². The van der Waals surface area contributed by atoms with Crippen LogP contribution < -0.4 is 82.6 Å². The molecule has 33 nitrogen and oxygen atoms in total. The van der Waals surface area contributed by atoms with E-state index in [-0.39, 0.29) is 102 Å². The normalized spacial score (nSPS) is 14.6. The van der Waals surface area contributed by atoms with Gasteiger partial charge in [-0.25, -0.2) is 14.8 Å². The number of anilines is 2. The topological polar surface area (TPSA) is 508 Å². The largest absolute Gasteiger partial charge is 0.359 e. The van der Waals surface area contributed by atoms with Crippen molar-refractivity contribution in [1.82, 2.24) is 66.0 Å². The van der Waals surface area contributed by atoms with Crippen LogP contribution in [0.15, 0.2) is 50.4 Å². The van der Waals surface area contributed by atoms with E-state index in [0.717, 1.165) is 191 Å². The van der Waals surface area contributed by atoms with E-state index in [1.807, 2.05) is 64.1 Å². The summed E-state index contributed by atoms with van der Waals surface area (Å²) in [5.41, 5.74) is 36.6. The first-order valence-electron chi connectivity index (χ1n) is 51.8. The van der Waals surface area contributed by atoms with E-state index in [0.29, 0.717) is 186 Å². The first kappa shape index (κ1) is 118. The second-order valence-corrected chi connectivity index (χ2v) is 40.4. The summed E-state index contributed by atoms with van der Waals surface area (Å²) >= 11 is 2.72. The minimum absolute atomic E-state index is 0.0295. The second-order valence-electron chi connectivity index (χ2n) is 38.7. The molecule has 6 heterocycles. The van der Waals surface area contributed by atoms with Crippen LogP contribution in [0.5, 0.6) is 0 Å². The van der Waals surface area contributed by atoms with Crippen LogP contribution >= 0.6 is 22.7 Å². The van der Waals surface area contributed by atoms with Crippen LogP contribution in [-0.4, -0.2) is 190 Å². The Labute approximate surface area is 819 Å². The molecule has 2 saturated heterocycles. The molecule has 5 fully saturated rings.